The van der Waals surface area contributed by atoms with Gasteiger partial charge in [-0.2, -0.15) is 4.68 Å². The van der Waals surface area contributed by atoms with Crippen LogP contribution in [-0.4, -0.2) is 20.2 Å². The van der Waals surface area contributed by atoms with Crippen LogP contribution in [0.25, 0.3) is 17.1 Å². The van der Waals surface area contributed by atoms with Crippen LogP contribution in [0.4, 0.5) is 4.39 Å². The average Bonchev–Trinajstić information content (AvgIpc) is 2.86. The van der Waals surface area contributed by atoms with Crippen molar-refractivity contribution in [2.45, 2.75) is 0 Å². The zero-order valence-electron chi connectivity index (χ0n) is 9.62. The molecule has 0 saturated heterocycles. The van der Waals surface area contributed by atoms with Gasteiger partial charge >= 0.3 is 0 Å². The predicted molar refractivity (Wildman–Crippen MR) is 64.6 cm³/mol. The third-order valence-electron chi connectivity index (χ3n) is 2.97. The van der Waals surface area contributed by atoms with Crippen molar-refractivity contribution in [1.82, 2.24) is 20.2 Å². The number of halogens is 1. The van der Waals surface area contributed by atoms with Crippen LogP contribution < -0.4 is 4.74 Å². The average molecular weight is 254 g/mol. The minimum Gasteiger partial charge on any atom is -0.454 e. The largest absolute Gasteiger partial charge is 0.454 e. The van der Waals surface area contributed by atoms with Gasteiger partial charge in [-0.15, -0.1) is 5.10 Å². The number of hydrogen-bond acceptors (Lipinski definition) is 4. The van der Waals surface area contributed by atoms with Gasteiger partial charge in [0.15, 0.2) is 11.6 Å². The molecule has 0 bridgehead atoms. The van der Waals surface area contributed by atoms with Gasteiger partial charge in [0.05, 0.1) is 5.56 Å². The third-order valence-corrected chi connectivity index (χ3v) is 2.97. The number of fused-ring (bicyclic) bond motifs is 5. The number of nitrogens with zero attached hydrogens (tertiary/aromatic N) is 4. The second-order valence-electron chi connectivity index (χ2n) is 4.12. The molecule has 0 aliphatic carbocycles. The lowest BCUT2D eigenvalue weighted by Gasteiger charge is -2.07. The number of para-hydroxylation sites is 2. The van der Waals surface area contributed by atoms with Crippen LogP contribution in [0.15, 0.2) is 42.5 Å². The van der Waals surface area contributed by atoms with E-state index >= 15 is 0 Å². The molecule has 6 heteroatoms. The normalized spacial score (nSPS) is 11.8. The van der Waals surface area contributed by atoms with Crippen LogP contribution in [0.2, 0.25) is 0 Å². The molecule has 4 rings (SSSR count). The van der Waals surface area contributed by atoms with Gasteiger partial charge in [0.25, 0.3) is 0 Å². The number of hydrogen-bond donors (Lipinski definition) is 0. The maximum atomic E-state index is 13.4. The van der Waals surface area contributed by atoms with E-state index in [2.05, 4.69) is 15.5 Å². The van der Waals surface area contributed by atoms with E-state index < -0.39 is 0 Å². The molecule has 0 spiro atoms. The van der Waals surface area contributed by atoms with E-state index in [9.17, 15) is 4.39 Å². The van der Waals surface area contributed by atoms with Crippen molar-refractivity contribution in [1.29, 1.82) is 0 Å². The van der Waals surface area contributed by atoms with Gasteiger partial charge in [0, 0.05) is 0 Å². The lowest BCUT2D eigenvalue weighted by Crippen LogP contribution is -1.98. The number of benzene rings is 2. The van der Waals surface area contributed by atoms with Crippen LogP contribution in [0.5, 0.6) is 11.5 Å². The fourth-order valence-electron chi connectivity index (χ4n) is 2.12. The van der Waals surface area contributed by atoms with Gasteiger partial charge in [0.1, 0.15) is 17.3 Å². The minimum absolute atomic E-state index is 0.358. The lowest BCUT2D eigenvalue weighted by atomic mass is 10.2. The Balaban J connectivity index is 2.10. The molecule has 0 unspecified atom stereocenters. The second kappa shape index (κ2) is 3.61. The van der Waals surface area contributed by atoms with Crippen LogP contribution >= 0.6 is 0 Å². The summed E-state index contributed by atoms with van der Waals surface area (Å²) >= 11 is 0. The molecular formula is C13H7FN4O. The number of rotatable bonds is 0. The van der Waals surface area contributed by atoms with E-state index in [1.807, 2.05) is 24.3 Å². The first-order valence-electron chi connectivity index (χ1n) is 5.68. The molecule has 1 aromatic heterocycles. The van der Waals surface area contributed by atoms with E-state index in [0.717, 1.165) is 5.69 Å². The summed E-state index contributed by atoms with van der Waals surface area (Å²) in [4.78, 5) is 0. The Morgan fingerprint density at radius 3 is 2.89 bits per heavy atom. The molecule has 92 valence electrons. The topological polar surface area (TPSA) is 52.8 Å². The first-order chi connectivity index (χ1) is 9.33. The summed E-state index contributed by atoms with van der Waals surface area (Å²) in [6, 6.07) is 11.7. The van der Waals surface area contributed by atoms with E-state index in [1.54, 1.807) is 10.7 Å². The zero-order valence-corrected chi connectivity index (χ0v) is 9.62. The summed E-state index contributed by atoms with van der Waals surface area (Å²) in [7, 11) is 0. The number of tetrazole rings is 1. The Kier molecular flexibility index (Phi) is 1.94. The fraction of sp³-hybridized carbons (Fsp3) is 0. The summed E-state index contributed by atoms with van der Waals surface area (Å²) in [5, 5.41) is 11.6. The van der Waals surface area contributed by atoms with Crippen LogP contribution in [0.1, 0.15) is 0 Å². The van der Waals surface area contributed by atoms with Crippen molar-refractivity contribution in [3.8, 4) is 28.6 Å². The Morgan fingerprint density at radius 2 is 1.95 bits per heavy atom. The van der Waals surface area contributed by atoms with Gasteiger partial charge in [-0.25, -0.2) is 4.39 Å². The molecule has 0 saturated carbocycles. The first kappa shape index (κ1) is 10.2. The molecule has 0 radical (unpaired) electrons. The maximum Gasteiger partial charge on any atom is 0.191 e. The third kappa shape index (κ3) is 1.43. The molecular weight excluding hydrogens is 247 g/mol. The van der Waals surface area contributed by atoms with Gasteiger partial charge in [-0.05, 0) is 40.8 Å². The summed E-state index contributed by atoms with van der Waals surface area (Å²) in [6.45, 7) is 0. The summed E-state index contributed by atoms with van der Waals surface area (Å²) in [5.74, 6) is 1.26. The molecule has 1 aliphatic rings. The highest BCUT2D eigenvalue weighted by Gasteiger charge is 2.23. The van der Waals surface area contributed by atoms with Crippen molar-refractivity contribution >= 4 is 0 Å². The van der Waals surface area contributed by atoms with Gasteiger partial charge < -0.3 is 4.74 Å². The van der Waals surface area contributed by atoms with Crippen molar-refractivity contribution in [3.63, 3.8) is 0 Å². The molecule has 2 aromatic carbocycles. The maximum absolute atomic E-state index is 13.4. The standard InChI is InChI=1S/C13H7FN4O/c14-8-5-6-11-9(7-8)13-15-16-17-18(13)10-3-1-2-4-12(10)19-11/h1-7H. The van der Waals surface area contributed by atoms with E-state index in [0.29, 0.717) is 22.9 Å². The van der Waals surface area contributed by atoms with Gasteiger partial charge in [0.2, 0.25) is 0 Å². The summed E-state index contributed by atoms with van der Waals surface area (Å²) in [6.07, 6.45) is 0. The molecule has 0 atom stereocenters. The zero-order chi connectivity index (χ0) is 12.8. The number of aromatic nitrogens is 4. The Labute approximate surface area is 107 Å². The smallest absolute Gasteiger partial charge is 0.191 e. The first-order valence-corrected chi connectivity index (χ1v) is 5.68. The molecule has 5 nitrogen and oxygen atoms in total. The molecule has 0 fully saturated rings. The van der Waals surface area contributed by atoms with Crippen LogP contribution in [-0.2, 0) is 0 Å². The van der Waals surface area contributed by atoms with Crippen LogP contribution in [0, 0.1) is 5.82 Å². The Hall–Kier alpha value is -2.76. The SMILES string of the molecule is Fc1ccc2c(c1)-c1nnnn1-c1ccccc1O2. The van der Waals surface area contributed by atoms with Crippen molar-refractivity contribution in [2.24, 2.45) is 0 Å². The van der Waals surface area contributed by atoms with Gasteiger partial charge in [-0.1, -0.05) is 12.1 Å². The van der Waals surface area contributed by atoms with E-state index in [1.165, 1.54) is 12.1 Å². The van der Waals surface area contributed by atoms with Crippen molar-refractivity contribution in [3.05, 3.63) is 48.3 Å². The number of ether oxygens (including phenoxy) is 1. The lowest BCUT2D eigenvalue weighted by molar-refractivity contribution is 0.482. The quantitative estimate of drug-likeness (QED) is 0.484. The van der Waals surface area contributed by atoms with Crippen molar-refractivity contribution < 1.29 is 9.13 Å². The van der Waals surface area contributed by atoms with Crippen LogP contribution in [0.3, 0.4) is 0 Å². The second-order valence-corrected chi connectivity index (χ2v) is 4.12. The minimum atomic E-state index is -0.358. The van der Waals surface area contributed by atoms with Crippen molar-refractivity contribution in [2.75, 3.05) is 0 Å². The monoisotopic (exact) mass is 254 g/mol. The molecule has 2 heterocycles. The highest BCUT2D eigenvalue weighted by Crippen LogP contribution is 2.39. The molecule has 1 aliphatic heterocycles. The molecule has 0 N–H and O–H groups in total. The predicted octanol–water partition coefficient (Wildman–Crippen LogP) is 2.57. The van der Waals surface area contributed by atoms with E-state index in [-0.39, 0.29) is 5.82 Å². The van der Waals surface area contributed by atoms with E-state index in [4.69, 9.17) is 4.74 Å². The van der Waals surface area contributed by atoms with Gasteiger partial charge in [-0.3, -0.25) is 0 Å². The highest BCUT2D eigenvalue weighted by atomic mass is 19.1. The summed E-state index contributed by atoms with van der Waals surface area (Å²) in [5.41, 5.74) is 1.25. The fourth-order valence-corrected chi connectivity index (χ4v) is 2.12. The summed E-state index contributed by atoms with van der Waals surface area (Å²) < 4.78 is 20.8. The highest BCUT2D eigenvalue weighted by molar-refractivity contribution is 5.69. The molecule has 0 amide bonds. The molecule has 19 heavy (non-hydrogen) atoms. The molecule has 3 aromatic rings. The Morgan fingerprint density at radius 1 is 1.05 bits per heavy atom. The Bertz CT molecular complexity index is 784.